The molecule has 0 aromatic carbocycles. The van der Waals surface area contributed by atoms with Gasteiger partial charge >= 0.3 is 0 Å². The number of nitrogens with two attached hydrogens (primary N) is 1. The first-order valence-corrected chi connectivity index (χ1v) is 5.56. The first-order valence-electron chi connectivity index (χ1n) is 5.56. The number of nitrogen functional groups attached to an aromatic ring is 1. The van der Waals surface area contributed by atoms with E-state index in [0.29, 0.717) is 17.1 Å². The molecular weight excluding hydrogens is 228 g/mol. The van der Waals surface area contributed by atoms with E-state index in [1.807, 2.05) is 19.1 Å². The number of hydrogen-bond acceptors (Lipinski definition) is 4. The van der Waals surface area contributed by atoms with E-state index in [-0.39, 0.29) is 12.3 Å². The van der Waals surface area contributed by atoms with Crippen LogP contribution in [0.1, 0.15) is 11.4 Å². The third-order valence-electron chi connectivity index (χ3n) is 2.38. The SMILES string of the molecule is Cc1ccc(NC(=O)Cc2ccc(N)cn2)cn1. The fourth-order valence-corrected chi connectivity index (χ4v) is 1.45. The highest BCUT2D eigenvalue weighted by Crippen LogP contribution is 2.07. The van der Waals surface area contributed by atoms with E-state index < -0.39 is 0 Å². The molecular formula is C13H14N4O. The van der Waals surface area contributed by atoms with Crippen molar-refractivity contribution in [3.63, 3.8) is 0 Å². The van der Waals surface area contributed by atoms with Crippen LogP contribution in [0.5, 0.6) is 0 Å². The number of anilines is 2. The second-order valence-corrected chi connectivity index (χ2v) is 4.00. The number of hydrogen-bond donors (Lipinski definition) is 2. The zero-order chi connectivity index (χ0) is 13.0. The van der Waals surface area contributed by atoms with Crippen LogP contribution in [0, 0.1) is 6.92 Å². The molecule has 0 fully saturated rings. The van der Waals surface area contributed by atoms with Crippen LogP contribution in [0.4, 0.5) is 11.4 Å². The van der Waals surface area contributed by atoms with Gasteiger partial charge in [-0.2, -0.15) is 0 Å². The lowest BCUT2D eigenvalue weighted by Gasteiger charge is -2.05. The summed E-state index contributed by atoms with van der Waals surface area (Å²) in [7, 11) is 0. The van der Waals surface area contributed by atoms with Crippen LogP contribution in [-0.2, 0) is 11.2 Å². The predicted molar refractivity (Wildman–Crippen MR) is 70.0 cm³/mol. The minimum absolute atomic E-state index is 0.127. The van der Waals surface area contributed by atoms with Crippen LogP contribution in [0.15, 0.2) is 36.7 Å². The highest BCUT2D eigenvalue weighted by molar-refractivity contribution is 5.91. The van der Waals surface area contributed by atoms with Crippen molar-refractivity contribution in [2.75, 3.05) is 11.1 Å². The summed E-state index contributed by atoms with van der Waals surface area (Å²) in [5.41, 5.74) is 8.38. The molecule has 5 nitrogen and oxygen atoms in total. The van der Waals surface area contributed by atoms with Crippen molar-refractivity contribution < 1.29 is 4.79 Å². The molecule has 5 heteroatoms. The van der Waals surface area contributed by atoms with Crippen molar-refractivity contribution in [3.8, 4) is 0 Å². The number of carbonyl (C=O) groups is 1. The van der Waals surface area contributed by atoms with Gasteiger partial charge in [0.05, 0.1) is 30.2 Å². The van der Waals surface area contributed by atoms with Crippen LogP contribution in [0.3, 0.4) is 0 Å². The lowest BCUT2D eigenvalue weighted by molar-refractivity contribution is -0.115. The predicted octanol–water partition coefficient (Wildman–Crippen LogP) is 1.55. The minimum atomic E-state index is -0.127. The normalized spacial score (nSPS) is 10.1. The molecule has 2 heterocycles. The van der Waals surface area contributed by atoms with Gasteiger partial charge in [0.15, 0.2) is 0 Å². The molecule has 0 unspecified atom stereocenters. The summed E-state index contributed by atoms with van der Waals surface area (Å²) in [5, 5.41) is 2.76. The van der Waals surface area contributed by atoms with Gasteiger partial charge in [0, 0.05) is 11.4 Å². The van der Waals surface area contributed by atoms with E-state index >= 15 is 0 Å². The van der Waals surface area contributed by atoms with Crippen LogP contribution in [0.25, 0.3) is 0 Å². The summed E-state index contributed by atoms with van der Waals surface area (Å²) in [6.45, 7) is 1.89. The number of nitrogens with zero attached hydrogens (tertiary/aromatic N) is 2. The maximum absolute atomic E-state index is 11.7. The fourth-order valence-electron chi connectivity index (χ4n) is 1.45. The van der Waals surface area contributed by atoms with Gasteiger partial charge in [-0.05, 0) is 31.2 Å². The van der Waals surface area contributed by atoms with Crippen LogP contribution in [-0.4, -0.2) is 15.9 Å². The molecule has 2 aromatic rings. The van der Waals surface area contributed by atoms with Crippen LogP contribution >= 0.6 is 0 Å². The maximum Gasteiger partial charge on any atom is 0.230 e. The summed E-state index contributed by atoms with van der Waals surface area (Å²) in [6.07, 6.45) is 3.38. The summed E-state index contributed by atoms with van der Waals surface area (Å²) in [4.78, 5) is 19.9. The smallest absolute Gasteiger partial charge is 0.230 e. The minimum Gasteiger partial charge on any atom is -0.397 e. The number of pyridine rings is 2. The Morgan fingerprint density at radius 3 is 2.67 bits per heavy atom. The van der Waals surface area contributed by atoms with Crippen molar-refractivity contribution in [1.82, 2.24) is 9.97 Å². The molecule has 2 aromatic heterocycles. The number of carbonyl (C=O) groups excluding carboxylic acids is 1. The number of nitrogens with one attached hydrogen (secondary N) is 1. The zero-order valence-corrected chi connectivity index (χ0v) is 10.1. The van der Waals surface area contributed by atoms with E-state index in [0.717, 1.165) is 5.69 Å². The van der Waals surface area contributed by atoms with Gasteiger partial charge in [0.25, 0.3) is 0 Å². The zero-order valence-electron chi connectivity index (χ0n) is 10.1. The summed E-state index contributed by atoms with van der Waals surface area (Å²) in [5.74, 6) is -0.127. The third-order valence-corrected chi connectivity index (χ3v) is 2.38. The number of rotatable bonds is 3. The van der Waals surface area contributed by atoms with Gasteiger partial charge in [-0.25, -0.2) is 0 Å². The molecule has 1 amide bonds. The lowest BCUT2D eigenvalue weighted by atomic mass is 10.2. The molecule has 0 saturated carbocycles. The Morgan fingerprint density at radius 2 is 2.06 bits per heavy atom. The molecule has 18 heavy (non-hydrogen) atoms. The monoisotopic (exact) mass is 242 g/mol. The average Bonchev–Trinajstić information content (AvgIpc) is 2.35. The van der Waals surface area contributed by atoms with Crippen molar-refractivity contribution in [1.29, 1.82) is 0 Å². The van der Waals surface area contributed by atoms with Gasteiger partial charge in [-0.3, -0.25) is 14.8 Å². The first-order chi connectivity index (χ1) is 8.63. The Bertz CT molecular complexity index is 484. The molecule has 0 aliphatic heterocycles. The Balaban J connectivity index is 1.96. The van der Waals surface area contributed by atoms with E-state index in [9.17, 15) is 4.79 Å². The molecule has 92 valence electrons. The van der Waals surface area contributed by atoms with Gasteiger partial charge in [-0.1, -0.05) is 0 Å². The molecule has 0 saturated heterocycles. The Kier molecular flexibility index (Phi) is 3.52. The van der Waals surface area contributed by atoms with Gasteiger partial charge in [0.2, 0.25) is 5.91 Å². The Morgan fingerprint density at radius 1 is 1.22 bits per heavy atom. The summed E-state index contributed by atoms with van der Waals surface area (Å²) >= 11 is 0. The maximum atomic E-state index is 11.7. The number of aromatic nitrogens is 2. The second kappa shape index (κ2) is 5.27. The largest absolute Gasteiger partial charge is 0.397 e. The van der Waals surface area contributed by atoms with Crippen LogP contribution < -0.4 is 11.1 Å². The molecule has 0 aliphatic rings. The molecule has 3 N–H and O–H groups in total. The van der Waals surface area contributed by atoms with Crippen molar-refractivity contribution in [2.24, 2.45) is 0 Å². The average molecular weight is 242 g/mol. The van der Waals surface area contributed by atoms with Crippen molar-refractivity contribution in [3.05, 3.63) is 48.0 Å². The third kappa shape index (κ3) is 3.28. The fraction of sp³-hybridized carbons (Fsp3) is 0.154. The Labute approximate surface area is 105 Å². The van der Waals surface area contributed by atoms with E-state index in [1.165, 1.54) is 6.20 Å². The Hall–Kier alpha value is -2.43. The van der Waals surface area contributed by atoms with Crippen LogP contribution in [0.2, 0.25) is 0 Å². The highest BCUT2D eigenvalue weighted by Gasteiger charge is 2.05. The summed E-state index contributed by atoms with van der Waals surface area (Å²) < 4.78 is 0. The van der Waals surface area contributed by atoms with Gasteiger partial charge < -0.3 is 11.1 Å². The topological polar surface area (TPSA) is 80.9 Å². The number of aryl methyl sites for hydroxylation is 1. The molecule has 2 rings (SSSR count). The molecule has 0 aliphatic carbocycles. The molecule has 0 bridgehead atoms. The van der Waals surface area contributed by atoms with Gasteiger partial charge in [-0.15, -0.1) is 0 Å². The van der Waals surface area contributed by atoms with E-state index in [2.05, 4.69) is 15.3 Å². The second-order valence-electron chi connectivity index (χ2n) is 4.00. The quantitative estimate of drug-likeness (QED) is 0.855. The standard InChI is InChI=1S/C13H14N4O/c1-9-2-4-12(8-15-9)17-13(18)6-11-5-3-10(14)7-16-11/h2-5,7-8H,6,14H2,1H3,(H,17,18). The van der Waals surface area contributed by atoms with Crippen molar-refractivity contribution in [2.45, 2.75) is 13.3 Å². The van der Waals surface area contributed by atoms with E-state index in [4.69, 9.17) is 5.73 Å². The first kappa shape index (κ1) is 12.0. The van der Waals surface area contributed by atoms with Crippen molar-refractivity contribution >= 4 is 17.3 Å². The molecule has 0 radical (unpaired) electrons. The molecule has 0 atom stereocenters. The number of amides is 1. The molecule has 0 spiro atoms. The highest BCUT2D eigenvalue weighted by atomic mass is 16.1. The summed E-state index contributed by atoms with van der Waals surface area (Å²) in [6, 6.07) is 7.12. The van der Waals surface area contributed by atoms with E-state index in [1.54, 1.807) is 18.3 Å². The lowest BCUT2D eigenvalue weighted by Crippen LogP contribution is -2.15. The van der Waals surface area contributed by atoms with Gasteiger partial charge in [0.1, 0.15) is 0 Å².